The van der Waals surface area contributed by atoms with Crippen molar-refractivity contribution >= 4 is 28.8 Å². The number of anilines is 1. The van der Waals surface area contributed by atoms with Gasteiger partial charge in [0.15, 0.2) is 0 Å². The number of benzene rings is 2. The van der Waals surface area contributed by atoms with Crippen LogP contribution in [0.2, 0.25) is 0 Å². The van der Waals surface area contributed by atoms with Gasteiger partial charge in [-0.3, -0.25) is 9.59 Å². The summed E-state index contributed by atoms with van der Waals surface area (Å²) in [5.41, 5.74) is 4.39. The number of aryl methyl sites for hydroxylation is 2. The van der Waals surface area contributed by atoms with Crippen LogP contribution in [0.25, 0.3) is 10.6 Å². The Bertz CT molecular complexity index is 1120. The lowest BCUT2D eigenvalue weighted by atomic mass is 10.1. The highest BCUT2D eigenvalue weighted by Crippen LogP contribution is 2.38. The molecule has 0 bridgehead atoms. The second-order valence-electron chi connectivity index (χ2n) is 8.42. The Morgan fingerprint density at radius 3 is 2.52 bits per heavy atom. The molecule has 160 valence electrons. The van der Waals surface area contributed by atoms with E-state index in [-0.39, 0.29) is 23.8 Å². The predicted octanol–water partition coefficient (Wildman–Crippen LogP) is 5.51. The predicted molar refractivity (Wildman–Crippen MR) is 125 cm³/mol. The number of carbonyl (C=O) groups excluding carboxylic acids is 2. The lowest BCUT2D eigenvalue weighted by molar-refractivity contribution is -0.117. The monoisotopic (exact) mass is 433 g/mol. The zero-order valence-electron chi connectivity index (χ0n) is 18.2. The maximum Gasteiger partial charge on any atom is 0.251 e. The molecule has 0 aliphatic heterocycles. The molecule has 0 spiro atoms. The summed E-state index contributed by atoms with van der Waals surface area (Å²) in [5, 5.41) is 6.94. The maximum atomic E-state index is 12.9. The normalized spacial score (nSPS) is 18.3. The molecule has 3 aromatic rings. The van der Waals surface area contributed by atoms with Crippen molar-refractivity contribution < 1.29 is 9.59 Å². The summed E-state index contributed by atoms with van der Waals surface area (Å²) in [4.78, 5) is 30.8. The van der Waals surface area contributed by atoms with Gasteiger partial charge < -0.3 is 10.6 Å². The van der Waals surface area contributed by atoms with E-state index in [1.54, 1.807) is 29.5 Å². The molecule has 1 saturated carbocycles. The number of aromatic nitrogens is 1. The minimum atomic E-state index is -0.173. The van der Waals surface area contributed by atoms with Crippen LogP contribution < -0.4 is 10.6 Å². The number of nitrogens with one attached hydrogen (secondary N) is 2. The van der Waals surface area contributed by atoms with Gasteiger partial charge in [-0.25, -0.2) is 4.98 Å². The topological polar surface area (TPSA) is 71.1 Å². The lowest BCUT2D eigenvalue weighted by Gasteiger charge is -2.14. The summed E-state index contributed by atoms with van der Waals surface area (Å²) in [7, 11) is 0. The molecule has 31 heavy (non-hydrogen) atoms. The average molecular weight is 434 g/mol. The van der Waals surface area contributed by atoms with Crippen LogP contribution >= 0.6 is 11.3 Å². The molecule has 1 aliphatic carbocycles. The van der Waals surface area contributed by atoms with Crippen molar-refractivity contribution in [2.24, 2.45) is 11.8 Å². The van der Waals surface area contributed by atoms with E-state index >= 15 is 0 Å². The molecule has 6 heteroatoms. The zero-order valence-corrected chi connectivity index (χ0v) is 19.0. The number of thiazole rings is 1. The first kappa shape index (κ1) is 21.2. The van der Waals surface area contributed by atoms with Gasteiger partial charge in [0.2, 0.25) is 5.91 Å². The molecule has 4 rings (SSSR count). The van der Waals surface area contributed by atoms with Gasteiger partial charge >= 0.3 is 0 Å². The fourth-order valence-corrected chi connectivity index (χ4v) is 4.71. The molecule has 0 radical (unpaired) electrons. The fourth-order valence-electron chi connectivity index (χ4n) is 3.64. The Balaban J connectivity index is 1.44. The Labute approximate surface area is 186 Å². The van der Waals surface area contributed by atoms with E-state index in [9.17, 15) is 9.59 Å². The molecule has 1 heterocycles. The number of carbonyl (C=O) groups is 2. The first-order chi connectivity index (χ1) is 14.8. The molecule has 2 amide bonds. The molecular formula is C25H27N3O2S. The highest BCUT2D eigenvalue weighted by atomic mass is 32.1. The number of rotatable bonds is 6. The summed E-state index contributed by atoms with van der Waals surface area (Å²) in [5.74, 6) is 0.393. The van der Waals surface area contributed by atoms with Gasteiger partial charge in [-0.05, 0) is 51.3 Å². The number of hydrogen-bond donors (Lipinski definition) is 2. The van der Waals surface area contributed by atoms with Crippen LogP contribution in [0.4, 0.5) is 5.69 Å². The van der Waals surface area contributed by atoms with Crippen molar-refractivity contribution in [1.82, 2.24) is 10.3 Å². The molecule has 1 aliphatic rings. The summed E-state index contributed by atoms with van der Waals surface area (Å²) in [6, 6.07) is 15.2. The van der Waals surface area contributed by atoms with Crippen LogP contribution in [-0.4, -0.2) is 16.8 Å². The summed E-state index contributed by atoms with van der Waals surface area (Å²) in [6.07, 6.45) is 0.933. The number of amides is 2. The Morgan fingerprint density at radius 2 is 1.84 bits per heavy atom. The average Bonchev–Trinajstić information content (AvgIpc) is 3.35. The first-order valence-electron chi connectivity index (χ1n) is 10.6. The van der Waals surface area contributed by atoms with Gasteiger partial charge in [0, 0.05) is 22.7 Å². The van der Waals surface area contributed by atoms with Gasteiger partial charge in [-0.2, -0.15) is 0 Å². The Hall–Kier alpha value is -2.99. The van der Waals surface area contributed by atoms with Crippen molar-refractivity contribution in [3.63, 3.8) is 0 Å². The summed E-state index contributed by atoms with van der Waals surface area (Å²) >= 11 is 1.60. The maximum absolute atomic E-state index is 12.9. The smallest absolute Gasteiger partial charge is 0.251 e. The molecule has 0 saturated heterocycles. The highest BCUT2D eigenvalue weighted by Gasteiger charge is 2.39. The van der Waals surface area contributed by atoms with Crippen molar-refractivity contribution in [3.05, 3.63) is 70.2 Å². The van der Waals surface area contributed by atoms with E-state index in [4.69, 9.17) is 4.98 Å². The Morgan fingerprint density at radius 1 is 1.13 bits per heavy atom. The molecule has 2 N–H and O–H groups in total. The second kappa shape index (κ2) is 8.63. The second-order valence-corrected chi connectivity index (χ2v) is 9.45. The minimum Gasteiger partial charge on any atom is -0.345 e. The quantitative estimate of drug-likeness (QED) is 0.538. The van der Waals surface area contributed by atoms with E-state index in [1.807, 2.05) is 19.9 Å². The van der Waals surface area contributed by atoms with Crippen molar-refractivity contribution in [2.45, 2.75) is 40.2 Å². The van der Waals surface area contributed by atoms with Gasteiger partial charge in [0.1, 0.15) is 5.01 Å². The van der Waals surface area contributed by atoms with Crippen molar-refractivity contribution in [1.29, 1.82) is 0 Å². The largest absolute Gasteiger partial charge is 0.345 e. The van der Waals surface area contributed by atoms with E-state index in [0.29, 0.717) is 17.2 Å². The van der Waals surface area contributed by atoms with E-state index in [1.165, 1.54) is 5.56 Å². The van der Waals surface area contributed by atoms with Crippen LogP contribution in [0.5, 0.6) is 0 Å². The minimum absolute atomic E-state index is 0.0300. The molecule has 3 unspecified atom stereocenters. The third kappa shape index (κ3) is 4.85. The first-order valence-corrected chi connectivity index (χ1v) is 11.4. The van der Waals surface area contributed by atoms with Crippen LogP contribution in [0, 0.1) is 25.7 Å². The summed E-state index contributed by atoms with van der Waals surface area (Å²) < 4.78 is 0. The van der Waals surface area contributed by atoms with Crippen molar-refractivity contribution in [3.8, 4) is 10.6 Å². The third-order valence-corrected chi connectivity index (χ3v) is 7.10. The van der Waals surface area contributed by atoms with E-state index < -0.39 is 0 Å². The highest BCUT2D eigenvalue weighted by molar-refractivity contribution is 7.15. The van der Waals surface area contributed by atoms with Crippen LogP contribution in [0.1, 0.15) is 52.8 Å². The Kier molecular flexibility index (Phi) is 5.92. The van der Waals surface area contributed by atoms with E-state index in [2.05, 4.69) is 48.7 Å². The van der Waals surface area contributed by atoms with Crippen molar-refractivity contribution in [2.75, 3.05) is 5.32 Å². The van der Waals surface area contributed by atoms with E-state index in [0.717, 1.165) is 27.6 Å². The number of nitrogens with zero attached hydrogens (tertiary/aromatic N) is 1. The van der Waals surface area contributed by atoms with Crippen LogP contribution in [0.3, 0.4) is 0 Å². The van der Waals surface area contributed by atoms with Crippen LogP contribution in [0.15, 0.2) is 48.5 Å². The van der Waals surface area contributed by atoms with Gasteiger partial charge in [0.05, 0.1) is 16.6 Å². The third-order valence-electron chi connectivity index (χ3n) is 5.71. The molecule has 3 atom stereocenters. The molecule has 5 nitrogen and oxygen atoms in total. The molecule has 1 aromatic heterocycles. The lowest BCUT2D eigenvalue weighted by Crippen LogP contribution is -2.26. The van der Waals surface area contributed by atoms with Gasteiger partial charge in [-0.1, -0.05) is 42.8 Å². The van der Waals surface area contributed by atoms with Crippen LogP contribution in [-0.2, 0) is 4.79 Å². The van der Waals surface area contributed by atoms with Gasteiger partial charge in [-0.15, -0.1) is 11.3 Å². The molecular weight excluding hydrogens is 406 g/mol. The number of hydrogen-bond acceptors (Lipinski definition) is 4. The van der Waals surface area contributed by atoms with Gasteiger partial charge in [0.25, 0.3) is 5.91 Å². The fraction of sp³-hybridized carbons (Fsp3) is 0.320. The standard InChI is InChI=1S/C25H27N3O2S/c1-14-8-10-18(11-9-14)25-27-17(4)22(31-25)16(3)26-23(29)19-6-5-7-20(13-19)28-24(30)21-12-15(21)2/h5-11,13,15-16,21H,12H2,1-4H3,(H,26,29)(H,28,30). The molecule has 2 aromatic carbocycles. The summed E-state index contributed by atoms with van der Waals surface area (Å²) in [6.45, 7) is 8.08. The molecule has 1 fully saturated rings. The zero-order chi connectivity index (χ0) is 22.1. The SMILES string of the molecule is Cc1ccc(-c2nc(C)c(C(C)NC(=O)c3cccc(NC(=O)C4CC4C)c3)s2)cc1.